The van der Waals surface area contributed by atoms with Crippen molar-refractivity contribution in [2.24, 2.45) is 11.3 Å². The number of carbonyl (C=O) groups is 3. The lowest BCUT2D eigenvalue weighted by Crippen LogP contribution is -2.39. The van der Waals surface area contributed by atoms with Crippen LogP contribution in [-0.4, -0.2) is 61.9 Å². The van der Waals surface area contributed by atoms with E-state index in [4.69, 9.17) is 19.1 Å². The van der Waals surface area contributed by atoms with Crippen molar-refractivity contribution in [3.63, 3.8) is 0 Å². The van der Waals surface area contributed by atoms with Gasteiger partial charge in [-0.25, -0.2) is 4.79 Å². The zero-order valence-corrected chi connectivity index (χ0v) is 25.8. The molecule has 1 saturated carbocycles. The average Bonchev–Trinajstić information content (AvgIpc) is 2.92. The monoisotopic (exact) mass is 590 g/mol. The number of rotatable bonds is 20. The summed E-state index contributed by atoms with van der Waals surface area (Å²) in [5.74, 6) is 1.34. The van der Waals surface area contributed by atoms with Crippen molar-refractivity contribution in [2.75, 3.05) is 37.8 Å². The molecule has 0 saturated heterocycles. The van der Waals surface area contributed by atoms with Gasteiger partial charge in [-0.3, -0.25) is 9.59 Å². The lowest BCUT2D eigenvalue weighted by molar-refractivity contribution is -0.191. The Bertz CT molecular complexity index is 686. The Morgan fingerprint density at radius 1 is 0.872 bits per heavy atom. The predicted octanol–water partition coefficient (Wildman–Crippen LogP) is 5.92. The van der Waals surface area contributed by atoms with E-state index in [9.17, 15) is 14.4 Å². The number of ether oxygens (including phenoxy) is 2. The summed E-state index contributed by atoms with van der Waals surface area (Å²) in [6.45, 7) is 8.36. The number of esters is 1. The molecule has 1 aliphatic rings. The van der Waals surface area contributed by atoms with E-state index in [2.05, 4.69) is 31.4 Å². The van der Waals surface area contributed by atoms with Gasteiger partial charge in [-0.15, -0.1) is 0 Å². The molecule has 1 fully saturated rings. The van der Waals surface area contributed by atoms with E-state index in [1.54, 1.807) is 21.6 Å². The van der Waals surface area contributed by atoms with E-state index in [1.807, 2.05) is 0 Å². The van der Waals surface area contributed by atoms with Crippen LogP contribution in [0, 0.1) is 11.3 Å². The third-order valence-electron chi connectivity index (χ3n) is 6.72. The van der Waals surface area contributed by atoms with Crippen molar-refractivity contribution in [3.05, 3.63) is 0 Å². The van der Waals surface area contributed by atoms with Crippen molar-refractivity contribution >= 4 is 45.7 Å². The Morgan fingerprint density at radius 3 is 2.03 bits per heavy atom. The fourth-order valence-corrected chi connectivity index (χ4v) is 6.55. The number of carbonyl (C=O) groups excluding carboxylic acids is 5. The van der Waals surface area contributed by atoms with Crippen LogP contribution in [0.15, 0.2) is 0 Å². The Balaban J connectivity index is 0.00000458. The third-order valence-corrected chi connectivity index (χ3v) is 9.05. The Kier molecular flexibility index (Phi) is 24.2. The van der Waals surface area contributed by atoms with Crippen molar-refractivity contribution in [2.45, 2.75) is 104 Å². The smallest absolute Gasteiger partial charge is 0.407 e. The standard InChI is InChI=1S/C27H50N2O5S2.CO2/c1-4-11-23(12-5-2)25(31)28-17-10-13-24(30)33-18-20-35-36-21-19-34-26(32)29-22-27(14-6-3)15-8-7-9-16-27;2-1-3/h23H,4-22H2,1-3H3,(H,28,31)(H,29,32);. The minimum absolute atomic E-state index is 0.0840. The Labute approximate surface area is 242 Å². The lowest BCUT2D eigenvalue weighted by Gasteiger charge is -2.37. The van der Waals surface area contributed by atoms with E-state index in [1.165, 1.54) is 38.5 Å². The van der Waals surface area contributed by atoms with Crippen molar-refractivity contribution in [1.29, 1.82) is 0 Å². The maximum atomic E-state index is 12.2. The van der Waals surface area contributed by atoms with Crippen LogP contribution in [-0.2, 0) is 28.7 Å². The number of nitrogens with one attached hydrogen (secondary N) is 2. The molecule has 0 aliphatic heterocycles. The van der Waals surface area contributed by atoms with Gasteiger partial charge in [-0.1, -0.05) is 80.9 Å². The first-order valence-corrected chi connectivity index (χ1v) is 16.9. The summed E-state index contributed by atoms with van der Waals surface area (Å²) in [7, 11) is 3.21. The summed E-state index contributed by atoms with van der Waals surface area (Å²) >= 11 is 0. The van der Waals surface area contributed by atoms with Crippen LogP contribution in [0.3, 0.4) is 0 Å². The first-order valence-electron chi connectivity index (χ1n) is 14.5. The predicted molar refractivity (Wildman–Crippen MR) is 156 cm³/mol. The molecule has 0 aromatic carbocycles. The summed E-state index contributed by atoms with van der Waals surface area (Å²) in [5.41, 5.74) is 0.258. The minimum Gasteiger partial charge on any atom is -0.465 e. The topological polar surface area (TPSA) is 128 Å². The van der Waals surface area contributed by atoms with Crippen LogP contribution in [0.2, 0.25) is 0 Å². The molecule has 39 heavy (non-hydrogen) atoms. The second-order valence-electron chi connectivity index (χ2n) is 9.92. The third kappa shape index (κ3) is 19.9. The van der Waals surface area contributed by atoms with E-state index in [0.717, 1.165) is 38.6 Å². The molecule has 0 heterocycles. The van der Waals surface area contributed by atoms with Crippen molar-refractivity contribution in [3.8, 4) is 0 Å². The molecule has 0 atom stereocenters. The SMILES string of the molecule is CCCC(CCC)C(=O)NCCCC(=O)OCCSSCCOC(=O)NCC1(CCC)CCCCC1.O=C=O. The normalized spacial score (nSPS) is 13.9. The second kappa shape index (κ2) is 25.3. The highest BCUT2D eigenvalue weighted by atomic mass is 33.1. The molecule has 0 aromatic heterocycles. The molecule has 0 unspecified atom stereocenters. The molecule has 226 valence electrons. The molecule has 2 amide bonds. The van der Waals surface area contributed by atoms with Gasteiger partial charge in [0.05, 0.1) is 0 Å². The molecule has 0 aromatic rings. The first kappa shape index (κ1) is 37.3. The van der Waals surface area contributed by atoms with Gasteiger partial charge < -0.3 is 20.1 Å². The van der Waals surface area contributed by atoms with Gasteiger partial charge in [-0.05, 0) is 43.9 Å². The van der Waals surface area contributed by atoms with Gasteiger partial charge in [0.2, 0.25) is 5.91 Å². The Hall–Kier alpha value is -1.71. The molecule has 11 heteroatoms. The molecular formula is C28H50N2O7S2. The number of amides is 2. The largest absolute Gasteiger partial charge is 0.465 e. The molecule has 1 aliphatic carbocycles. The van der Waals surface area contributed by atoms with Gasteiger partial charge in [0, 0.05) is 36.9 Å². The minimum atomic E-state index is -0.321. The van der Waals surface area contributed by atoms with E-state index in [-0.39, 0.29) is 35.5 Å². The van der Waals surface area contributed by atoms with Crippen LogP contribution in [0.5, 0.6) is 0 Å². The zero-order chi connectivity index (χ0) is 29.2. The van der Waals surface area contributed by atoms with Gasteiger partial charge in [0.1, 0.15) is 13.2 Å². The quantitative estimate of drug-likeness (QED) is 0.101. The van der Waals surface area contributed by atoms with Crippen LogP contribution >= 0.6 is 21.6 Å². The number of hydrogen-bond donors (Lipinski definition) is 2. The van der Waals surface area contributed by atoms with Gasteiger partial charge in [0.15, 0.2) is 0 Å². The summed E-state index contributed by atoms with van der Waals surface area (Å²) in [6, 6.07) is 0. The van der Waals surface area contributed by atoms with Crippen LogP contribution < -0.4 is 10.6 Å². The fraction of sp³-hybridized carbons (Fsp3) is 0.857. The maximum absolute atomic E-state index is 12.2. The molecule has 0 spiro atoms. The molecule has 9 nitrogen and oxygen atoms in total. The average molecular weight is 591 g/mol. The highest BCUT2D eigenvalue weighted by Gasteiger charge is 2.31. The van der Waals surface area contributed by atoms with Gasteiger partial charge >= 0.3 is 18.2 Å². The molecular weight excluding hydrogens is 540 g/mol. The summed E-state index contributed by atoms with van der Waals surface area (Å²) < 4.78 is 10.6. The molecule has 0 bridgehead atoms. The van der Waals surface area contributed by atoms with Crippen LogP contribution in [0.25, 0.3) is 0 Å². The molecule has 0 radical (unpaired) electrons. The zero-order valence-electron chi connectivity index (χ0n) is 24.2. The van der Waals surface area contributed by atoms with E-state index in [0.29, 0.717) is 44.1 Å². The highest BCUT2D eigenvalue weighted by molar-refractivity contribution is 8.76. The Morgan fingerprint density at radius 2 is 1.46 bits per heavy atom. The first-order chi connectivity index (χ1) is 18.9. The summed E-state index contributed by atoms with van der Waals surface area (Å²) in [6.07, 6.45) is 13.2. The highest BCUT2D eigenvalue weighted by Crippen LogP contribution is 2.39. The van der Waals surface area contributed by atoms with Crippen LogP contribution in [0.4, 0.5) is 4.79 Å². The fourth-order valence-electron chi connectivity index (χ4n) is 4.90. The van der Waals surface area contributed by atoms with Crippen LogP contribution in [0.1, 0.15) is 104 Å². The maximum Gasteiger partial charge on any atom is 0.407 e. The number of hydrogen-bond acceptors (Lipinski definition) is 9. The second-order valence-corrected chi connectivity index (χ2v) is 12.6. The molecule has 1 rings (SSSR count). The van der Waals surface area contributed by atoms with Crippen molar-refractivity contribution in [1.82, 2.24) is 10.6 Å². The van der Waals surface area contributed by atoms with Gasteiger partial charge in [-0.2, -0.15) is 9.59 Å². The number of alkyl carbamates (subject to hydrolysis) is 1. The van der Waals surface area contributed by atoms with E-state index >= 15 is 0 Å². The lowest BCUT2D eigenvalue weighted by atomic mass is 9.71. The van der Waals surface area contributed by atoms with E-state index < -0.39 is 0 Å². The molecule has 2 N–H and O–H groups in total. The summed E-state index contributed by atoms with van der Waals surface area (Å²) in [4.78, 5) is 52.4. The summed E-state index contributed by atoms with van der Waals surface area (Å²) in [5, 5.41) is 5.94. The van der Waals surface area contributed by atoms with Crippen molar-refractivity contribution < 1.29 is 33.4 Å². The van der Waals surface area contributed by atoms with Gasteiger partial charge in [0.25, 0.3) is 0 Å².